The van der Waals surface area contributed by atoms with Gasteiger partial charge in [0, 0.05) is 19.2 Å². The molecule has 9 heteroatoms. The van der Waals surface area contributed by atoms with Crippen molar-refractivity contribution in [1.29, 1.82) is 0 Å². The van der Waals surface area contributed by atoms with Crippen molar-refractivity contribution in [3.8, 4) is 11.5 Å². The van der Waals surface area contributed by atoms with E-state index in [4.69, 9.17) is 14.2 Å². The number of ether oxygens (including phenoxy) is 3. The van der Waals surface area contributed by atoms with E-state index in [2.05, 4.69) is 4.72 Å². The van der Waals surface area contributed by atoms with Gasteiger partial charge in [0.2, 0.25) is 0 Å². The maximum Gasteiger partial charge on any atom is 0.262 e. The molecule has 0 radical (unpaired) electrons. The number of para-hydroxylation sites is 1. The summed E-state index contributed by atoms with van der Waals surface area (Å²) in [4.78, 5) is 14.6. The summed E-state index contributed by atoms with van der Waals surface area (Å²) in [5.74, 6) is 0.583. The van der Waals surface area contributed by atoms with Gasteiger partial charge in [0.15, 0.2) is 11.5 Å². The van der Waals surface area contributed by atoms with E-state index >= 15 is 0 Å². The first-order valence-electron chi connectivity index (χ1n) is 9.84. The van der Waals surface area contributed by atoms with Crippen LogP contribution >= 0.6 is 0 Å². The average Bonchev–Trinajstić information content (AvgIpc) is 2.75. The van der Waals surface area contributed by atoms with Crippen molar-refractivity contribution < 1.29 is 27.4 Å². The first-order chi connectivity index (χ1) is 14.5. The maximum absolute atomic E-state index is 13.0. The number of carbonyl (C=O) groups is 1. The molecule has 1 N–H and O–H groups in total. The number of hydrogen-bond donors (Lipinski definition) is 1. The van der Waals surface area contributed by atoms with E-state index < -0.39 is 10.0 Å². The predicted molar refractivity (Wildman–Crippen MR) is 113 cm³/mol. The first-order valence-corrected chi connectivity index (χ1v) is 11.3. The molecular weight excluding hydrogens is 408 g/mol. The zero-order chi connectivity index (χ0) is 21.6. The second-order valence-electron chi connectivity index (χ2n) is 6.53. The second kappa shape index (κ2) is 9.82. The Balaban J connectivity index is 1.89. The van der Waals surface area contributed by atoms with Gasteiger partial charge in [-0.1, -0.05) is 12.1 Å². The Morgan fingerprint density at radius 3 is 2.40 bits per heavy atom. The smallest absolute Gasteiger partial charge is 0.262 e. The van der Waals surface area contributed by atoms with Crippen molar-refractivity contribution >= 4 is 21.6 Å². The Morgan fingerprint density at radius 2 is 1.70 bits per heavy atom. The van der Waals surface area contributed by atoms with E-state index in [1.807, 2.05) is 13.8 Å². The highest BCUT2D eigenvalue weighted by molar-refractivity contribution is 7.92. The lowest BCUT2D eigenvalue weighted by molar-refractivity contribution is 0.0303. The topological polar surface area (TPSA) is 94.2 Å². The van der Waals surface area contributed by atoms with E-state index in [-0.39, 0.29) is 16.5 Å². The van der Waals surface area contributed by atoms with Gasteiger partial charge in [0.05, 0.1) is 42.6 Å². The van der Waals surface area contributed by atoms with Gasteiger partial charge in [0.1, 0.15) is 0 Å². The highest BCUT2D eigenvalue weighted by Crippen LogP contribution is 2.31. The number of amides is 1. The Kier molecular flexibility index (Phi) is 7.17. The summed E-state index contributed by atoms with van der Waals surface area (Å²) >= 11 is 0. The third kappa shape index (κ3) is 5.03. The molecule has 30 heavy (non-hydrogen) atoms. The van der Waals surface area contributed by atoms with E-state index in [1.54, 1.807) is 35.2 Å². The molecule has 1 aliphatic rings. The van der Waals surface area contributed by atoms with Crippen LogP contribution in [0.2, 0.25) is 0 Å². The fraction of sp³-hybridized carbons (Fsp3) is 0.381. The summed E-state index contributed by atoms with van der Waals surface area (Å²) < 4.78 is 44.9. The number of carbonyl (C=O) groups excluding carboxylic acids is 1. The minimum Gasteiger partial charge on any atom is -0.490 e. The van der Waals surface area contributed by atoms with Crippen LogP contribution in [-0.4, -0.2) is 58.7 Å². The van der Waals surface area contributed by atoms with Crippen LogP contribution in [0.15, 0.2) is 47.4 Å². The maximum atomic E-state index is 13.0. The van der Waals surface area contributed by atoms with Gasteiger partial charge in [-0.25, -0.2) is 8.42 Å². The largest absolute Gasteiger partial charge is 0.490 e. The Labute approximate surface area is 176 Å². The molecule has 0 spiro atoms. The van der Waals surface area contributed by atoms with Crippen molar-refractivity contribution in [3.05, 3.63) is 48.0 Å². The van der Waals surface area contributed by atoms with Crippen molar-refractivity contribution in [1.82, 2.24) is 4.90 Å². The molecule has 1 saturated heterocycles. The van der Waals surface area contributed by atoms with E-state index in [0.717, 1.165) is 0 Å². The molecule has 0 aromatic heterocycles. The number of sulfonamides is 1. The van der Waals surface area contributed by atoms with Gasteiger partial charge in [-0.3, -0.25) is 9.52 Å². The molecule has 1 aliphatic heterocycles. The Bertz CT molecular complexity index is 987. The molecule has 0 unspecified atom stereocenters. The molecule has 0 atom stereocenters. The summed E-state index contributed by atoms with van der Waals surface area (Å²) in [6.45, 7) is 6.31. The number of rotatable bonds is 8. The zero-order valence-corrected chi connectivity index (χ0v) is 17.9. The number of hydrogen-bond acceptors (Lipinski definition) is 6. The monoisotopic (exact) mass is 434 g/mol. The lowest BCUT2D eigenvalue weighted by atomic mass is 10.1. The van der Waals surface area contributed by atoms with Gasteiger partial charge in [-0.05, 0) is 38.1 Å². The molecule has 0 bridgehead atoms. The minimum absolute atomic E-state index is 0.0167. The Morgan fingerprint density at radius 1 is 1.03 bits per heavy atom. The number of nitrogens with one attached hydrogen (secondary N) is 1. The fourth-order valence-corrected chi connectivity index (χ4v) is 4.19. The van der Waals surface area contributed by atoms with Crippen LogP contribution in [-0.2, 0) is 14.8 Å². The van der Waals surface area contributed by atoms with Crippen molar-refractivity contribution in [3.63, 3.8) is 0 Å². The van der Waals surface area contributed by atoms with E-state index in [0.29, 0.717) is 56.6 Å². The van der Waals surface area contributed by atoms with Crippen LogP contribution in [0.1, 0.15) is 24.2 Å². The Hall–Kier alpha value is -2.78. The van der Waals surface area contributed by atoms with E-state index in [1.165, 1.54) is 12.1 Å². The first kappa shape index (κ1) is 21.9. The molecule has 1 amide bonds. The molecule has 0 saturated carbocycles. The molecule has 8 nitrogen and oxygen atoms in total. The lowest BCUT2D eigenvalue weighted by Crippen LogP contribution is -2.41. The van der Waals surface area contributed by atoms with Gasteiger partial charge in [0.25, 0.3) is 15.9 Å². The van der Waals surface area contributed by atoms with Crippen molar-refractivity contribution in [2.45, 2.75) is 18.7 Å². The van der Waals surface area contributed by atoms with Crippen LogP contribution in [0.3, 0.4) is 0 Å². The van der Waals surface area contributed by atoms with Crippen LogP contribution < -0.4 is 14.2 Å². The minimum atomic E-state index is -3.95. The van der Waals surface area contributed by atoms with Gasteiger partial charge in [-0.2, -0.15) is 0 Å². The molecule has 1 heterocycles. The molecular formula is C21H26N2O6S. The summed E-state index contributed by atoms with van der Waals surface area (Å²) in [6.07, 6.45) is 0. The number of benzene rings is 2. The summed E-state index contributed by atoms with van der Waals surface area (Å²) in [6, 6.07) is 11.0. The summed E-state index contributed by atoms with van der Waals surface area (Å²) in [5.41, 5.74) is 0.514. The number of anilines is 1. The summed E-state index contributed by atoms with van der Waals surface area (Å²) in [7, 11) is -3.95. The lowest BCUT2D eigenvalue weighted by Gasteiger charge is -2.27. The van der Waals surface area contributed by atoms with E-state index in [9.17, 15) is 13.2 Å². The molecule has 3 rings (SSSR count). The summed E-state index contributed by atoms with van der Waals surface area (Å²) in [5, 5.41) is 0. The second-order valence-corrected chi connectivity index (χ2v) is 8.21. The number of morpholine rings is 1. The van der Waals surface area contributed by atoms with Crippen LogP contribution in [0.5, 0.6) is 11.5 Å². The third-order valence-electron chi connectivity index (χ3n) is 4.53. The normalized spacial score (nSPS) is 14.3. The highest BCUT2D eigenvalue weighted by atomic mass is 32.2. The molecule has 2 aromatic rings. The number of nitrogens with zero attached hydrogens (tertiary/aromatic N) is 1. The fourth-order valence-electron chi connectivity index (χ4n) is 3.10. The third-order valence-corrected chi connectivity index (χ3v) is 5.89. The highest BCUT2D eigenvalue weighted by Gasteiger charge is 2.24. The van der Waals surface area contributed by atoms with Gasteiger partial charge >= 0.3 is 0 Å². The quantitative estimate of drug-likeness (QED) is 0.687. The molecule has 162 valence electrons. The SMILES string of the molecule is CCOc1ccc(S(=O)(=O)Nc2ccccc2C(=O)N2CCOCC2)cc1OCC. The average molecular weight is 435 g/mol. The van der Waals surface area contributed by atoms with Gasteiger partial charge in [-0.15, -0.1) is 0 Å². The standard InChI is InChI=1S/C21H26N2O6S/c1-3-28-19-10-9-16(15-20(19)29-4-2)30(25,26)22-18-8-6-5-7-17(18)21(24)23-11-13-27-14-12-23/h5-10,15,22H,3-4,11-14H2,1-2H3. The zero-order valence-electron chi connectivity index (χ0n) is 17.1. The van der Waals surface area contributed by atoms with Crippen molar-refractivity contribution in [2.75, 3.05) is 44.2 Å². The van der Waals surface area contributed by atoms with Crippen LogP contribution in [0, 0.1) is 0 Å². The molecule has 2 aromatic carbocycles. The van der Waals surface area contributed by atoms with Gasteiger partial charge < -0.3 is 19.1 Å². The van der Waals surface area contributed by atoms with Crippen molar-refractivity contribution in [2.24, 2.45) is 0 Å². The molecule has 1 fully saturated rings. The predicted octanol–water partition coefficient (Wildman–Crippen LogP) is 2.76. The van der Waals surface area contributed by atoms with Crippen LogP contribution in [0.25, 0.3) is 0 Å². The van der Waals surface area contributed by atoms with Crippen LogP contribution in [0.4, 0.5) is 5.69 Å². The molecule has 0 aliphatic carbocycles.